The third-order valence-electron chi connectivity index (χ3n) is 6.01. The fourth-order valence-corrected chi connectivity index (χ4v) is 5.18. The fourth-order valence-electron chi connectivity index (χ4n) is 4.33. The number of nitrogens with zero attached hydrogens (tertiary/aromatic N) is 2. The summed E-state index contributed by atoms with van der Waals surface area (Å²) in [6, 6.07) is 9.21. The summed E-state index contributed by atoms with van der Waals surface area (Å²) in [5.41, 5.74) is 1.94. The van der Waals surface area contributed by atoms with Crippen LogP contribution in [0.15, 0.2) is 44.9 Å². The zero-order chi connectivity index (χ0) is 20.7. The van der Waals surface area contributed by atoms with E-state index in [1.54, 1.807) is 22.3 Å². The van der Waals surface area contributed by atoms with Gasteiger partial charge in [-0.25, -0.2) is 0 Å². The van der Waals surface area contributed by atoms with Crippen molar-refractivity contribution in [1.82, 2.24) is 9.80 Å². The average molecular weight is 425 g/mol. The maximum atomic E-state index is 13.5. The van der Waals surface area contributed by atoms with Crippen molar-refractivity contribution in [2.24, 2.45) is 0 Å². The summed E-state index contributed by atoms with van der Waals surface area (Å²) in [6.07, 6.45) is 0.839. The van der Waals surface area contributed by atoms with Crippen LogP contribution in [0.1, 0.15) is 39.5 Å². The van der Waals surface area contributed by atoms with Crippen LogP contribution in [0.25, 0.3) is 11.0 Å². The number of amides is 1. The van der Waals surface area contributed by atoms with Gasteiger partial charge in [0.05, 0.1) is 30.2 Å². The number of ether oxygens (including phenoxy) is 1. The molecule has 7 heteroatoms. The zero-order valence-corrected chi connectivity index (χ0v) is 17.7. The van der Waals surface area contributed by atoms with E-state index < -0.39 is 0 Å². The molecule has 0 bridgehead atoms. The smallest absolute Gasteiger partial charge is 0.290 e. The summed E-state index contributed by atoms with van der Waals surface area (Å²) in [7, 11) is 0. The fraction of sp³-hybridized carbons (Fsp3) is 0.391. The predicted molar refractivity (Wildman–Crippen MR) is 116 cm³/mol. The Morgan fingerprint density at radius 3 is 2.70 bits per heavy atom. The molecule has 1 amide bonds. The minimum atomic E-state index is -0.389. The summed E-state index contributed by atoms with van der Waals surface area (Å²) in [6.45, 7) is 6.50. The average Bonchev–Trinajstić information content (AvgIpc) is 3.40. The molecule has 1 atom stereocenters. The zero-order valence-electron chi connectivity index (χ0n) is 16.9. The molecule has 30 heavy (non-hydrogen) atoms. The Morgan fingerprint density at radius 2 is 1.97 bits per heavy atom. The van der Waals surface area contributed by atoms with Crippen LogP contribution >= 0.6 is 11.3 Å². The molecule has 5 rings (SSSR count). The number of carbonyl (C=O) groups excluding carboxylic acids is 1. The second kappa shape index (κ2) is 7.98. The highest BCUT2D eigenvalue weighted by atomic mass is 32.1. The predicted octanol–water partition coefficient (Wildman–Crippen LogP) is 3.29. The van der Waals surface area contributed by atoms with Gasteiger partial charge in [-0.2, -0.15) is 0 Å². The Hall–Kier alpha value is -2.48. The third-order valence-corrected chi connectivity index (χ3v) is 6.94. The largest absolute Gasteiger partial charge is 0.450 e. The molecule has 2 aliphatic rings. The van der Waals surface area contributed by atoms with Gasteiger partial charge >= 0.3 is 0 Å². The Bertz CT molecular complexity index is 1130. The van der Waals surface area contributed by atoms with Crippen molar-refractivity contribution in [3.8, 4) is 0 Å². The van der Waals surface area contributed by atoms with E-state index in [2.05, 4.69) is 11.8 Å². The van der Waals surface area contributed by atoms with Gasteiger partial charge in [-0.3, -0.25) is 14.5 Å². The molecule has 2 aliphatic heterocycles. The summed E-state index contributed by atoms with van der Waals surface area (Å²) in [4.78, 5) is 32.0. The van der Waals surface area contributed by atoms with Crippen molar-refractivity contribution in [2.45, 2.75) is 19.4 Å². The minimum Gasteiger partial charge on any atom is -0.450 e. The van der Waals surface area contributed by atoms with Crippen LogP contribution in [-0.2, 0) is 11.2 Å². The number of thiophene rings is 1. The van der Waals surface area contributed by atoms with Crippen LogP contribution in [0, 0.1) is 0 Å². The van der Waals surface area contributed by atoms with E-state index in [0.29, 0.717) is 36.3 Å². The standard InChI is InChI=1S/C23H24N2O4S/c1-2-15-5-6-17-16(14-15)21(26)19-20(18-4-3-13-30-18)25(23(27)22(19)29-17)8-7-24-9-11-28-12-10-24/h3-6,13-14,20H,2,7-12H2,1H3. The van der Waals surface area contributed by atoms with Crippen LogP contribution in [0.2, 0.25) is 0 Å². The Kier molecular flexibility index (Phi) is 5.18. The van der Waals surface area contributed by atoms with Crippen molar-refractivity contribution >= 4 is 28.2 Å². The Labute approximate surface area is 178 Å². The Morgan fingerprint density at radius 1 is 1.13 bits per heavy atom. The lowest BCUT2D eigenvalue weighted by molar-refractivity contribution is 0.0315. The lowest BCUT2D eigenvalue weighted by Gasteiger charge is -2.30. The van der Waals surface area contributed by atoms with Crippen LogP contribution in [0.4, 0.5) is 0 Å². The van der Waals surface area contributed by atoms with Crippen LogP contribution in [0.3, 0.4) is 0 Å². The van der Waals surface area contributed by atoms with Gasteiger partial charge < -0.3 is 14.1 Å². The monoisotopic (exact) mass is 424 g/mol. The molecule has 1 fully saturated rings. The van der Waals surface area contributed by atoms with Crippen LogP contribution < -0.4 is 5.43 Å². The van der Waals surface area contributed by atoms with E-state index in [1.165, 1.54) is 0 Å². The molecule has 6 nitrogen and oxygen atoms in total. The quantitative estimate of drug-likeness (QED) is 0.629. The first-order valence-corrected chi connectivity index (χ1v) is 11.3. The number of aryl methyl sites for hydroxylation is 1. The molecule has 1 saturated heterocycles. The molecule has 0 spiro atoms. The first kappa shape index (κ1) is 19.5. The normalized spacial score (nSPS) is 19.6. The highest BCUT2D eigenvalue weighted by Crippen LogP contribution is 2.39. The number of rotatable bonds is 5. The molecule has 0 radical (unpaired) electrons. The van der Waals surface area contributed by atoms with Gasteiger partial charge in [0.15, 0.2) is 5.43 Å². The molecular formula is C23H24N2O4S. The van der Waals surface area contributed by atoms with Crippen LogP contribution in [0.5, 0.6) is 0 Å². The summed E-state index contributed by atoms with van der Waals surface area (Å²) >= 11 is 1.56. The second-order valence-electron chi connectivity index (χ2n) is 7.73. The number of morpholine rings is 1. The molecular weight excluding hydrogens is 400 g/mol. The van der Waals surface area contributed by atoms with Gasteiger partial charge in [-0.15, -0.1) is 11.3 Å². The molecule has 3 aromatic rings. The van der Waals surface area contributed by atoms with Gasteiger partial charge in [-0.1, -0.05) is 19.1 Å². The lowest BCUT2D eigenvalue weighted by atomic mass is 10.0. The number of hydrogen-bond donors (Lipinski definition) is 0. The lowest BCUT2D eigenvalue weighted by Crippen LogP contribution is -2.42. The maximum Gasteiger partial charge on any atom is 0.290 e. The van der Waals surface area contributed by atoms with Gasteiger partial charge in [-0.05, 0) is 35.6 Å². The Balaban J connectivity index is 1.58. The molecule has 2 aromatic heterocycles. The summed E-state index contributed by atoms with van der Waals surface area (Å²) < 4.78 is 11.5. The highest BCUT2D eigenvalue weighted by molar-refractivity contribution is 7.10. The molecule has 0 N–H and O–H groups in total. The van der Waals surface area contributed by atoms with E-state index in [1.807, 2.05) is 29.6 Å². The topological polar surface area (TPSA) is 63.0 Å². The molecule has 1 unspecified atom stereocenters. The van der Waals surface area contributed by atoms with Gasteiger partial charge in [0.1, 0.15) is 5.58 Å². The van der Waals surface area contributed by atoms with E-state index in [4.69, 9.17) is 9.15 Å². The molecule has 0 aliphatic carbocycles. The maximum absolute atomic E-state index is 13.5. The second-order valence-corrected chi connectivity index (χ2v) is 8.71. The highest BCUT2D eigenvalue weighted by Gasteiger charge is 2.43. The van der Waals surface area contributed by atoms with E-state index >= 15 is 0 Å². The molecule has 156 valence electrons. The van der Waals surface area contributed by atoms with Crippen molar-refractivity contribution in [3.05, 3.63) is 67.7 Å². The van der Waals surface area contributed by atoms with Gasteiger partial charge in [0.2, 0.25) is 5.76 Å². The van der Waals surface area contributed by atoms with E-state index in [0.717, 1.165) is 36.5 Å². The SMILES string of the molecule is CCc1ccc2oc3c(c(=O)c2c1)C(c1cccs1)N(CCN1CCOCC1)C3=O. The first-order valence-electron chi connectivity index (χ1n) is 10.4. The number of hydrogen-bond acceptors (Lipinski definition) is 6. The molecule has 4 heterocycles. The third kappa shape index (κ3) is 3.27. The van der Waals surface area contributed by atoms with Gasteiger partial charge in [0.25, 0.3) is 5.91 Å². The van der Waals surface area contributed by atoms with E-state index in [9.17, 15) is 9.59 Å². The number of carbonyl (C=O) groups is 1. The summed E-state index contributed by atoms with van der Waals surface area (Å²) in [5, 5.41) is 2.54. The molecule has 1 aromatic carbocycles. The van der Waals surface area contributed by atoms with Crippen LogP contribution in [-0.4, -0.2) is 55.1 Å². The minimum absolute atomic E-state index is 0.0952. The van der Waals surface area contributed by atoms with Crippen molar-refractivity contribution < 1.29 is 13.9 Å². The first-order chi connectivity index (χ1) is 14.7. The summed E-state index contributed by atoms with van der Waals surface area (Å²) in [5.74, 6) is -0.00708. The number of benzene rings is 1. The van der Waals surface area contributed by atoms with Crippen molar-refractivity contribution in [3.63, 3.8) is 0 Å². The number of fused-ring (bicyclic) bond motifs is 2. The molecule has 0 saturated carbocycles. The van der Waals surface area contributed by atoms with E-state index in [-0.39, 0.29) is 23.1 Å². The van der Waals surface area contributed by atoms with Crippen molar-refractivity contribution in [1.29, 1.82) is 0 Å². The van der Waals surface area contributed by atoms with Gasteiger partial charge in [0, 0.05) is 31.1 Å². The van der Waals surface area contributed by atoms with Crippen molar-refractivity contribution in [2.75, 3.05) is 39.4 Å².